The Labute approximate surface area is 116 Å². The first-order valence-corrected chi connectivity index (χ1v) is 6.55. The molecule has 3 aromatic rings. The van der Waals surface area contributed by atoms with Crippen LogP contribution in [-0.2, 0) is 0 Å². The fourth-order valence-electron chi connectivity index (χ4n) is 2.72. The van der Waals surface area contributed by atoms with Gasteiger partial charge in [0, 0.05) is 16.5 Å². The van der Waals surface area contributed by atoms with Gasteiger partial charge >= 0.3 is 0 Å². The molecule has 0 heterocycles. The van der Waals surface area contributed by atoms with Crippen molar-refractivity contribution in [3.05, 3.63) is 77.9 Å². The molecule has 0 amide bonds. The summed E-state index contributed by atoms with van der Waals surface area (Å²) in [5, 5.41) is 2.11. The topological polar surface area (TPSA) is 29.4 Å². The summed E-state index contributed by atoms with van der Waals surface area (Å²) in [5.74, 6) is 0.0145. The van der Waals surface area contributed by atoms with Crippen molar-refractivity contribution in [2.45, 2.75) is 0 Å². The van der Waals surface area contributed by atoms with Gasteiger partial charge in [-0.15, -0.1) is 0 Å². The van der Waals surface area contributed by atoms with Gasteiger partial charge in [-0.1, -0.05) is 54.6 Å². The monoisotopic (exact) mass is 257 g/mol. The summed E-state index contributed by atoms with van der Waals surface area (Å²) in [7, 11) is 0. The number of Topliss-reactive ketones (excluding diaryl/α,β-unsaturated/α-hetero) is 1. The van der Waals surface area contributed by atoms with Crippen molar-refractivity contribution in [1.29, 1.82) is 0 Å². The molecule has 0 N–H and O–H groups in total. The van der Waals surface area contributed by atoms with Crippen LogP contribution in [0.3, 0.4) is 0 Å². The van der Waals surface area contributed by atoms with Gasteiger partial charge in [0.15, 0.2) is 0 Å². The van der Waals surface area contributed by atoms with E-state index in [1.54, 1.807) is 0 Å². The Kier molecular flexibility index (Phi) is 2.30. The zero-order valence-corrected chi connectivity index (χ0v) is 10.7. The van der Waals surface area contributed by atoms with Gasteiger partial charge in [0.05, 0.1) is 5.69 Å². The van der Waals surface area contributed by atoms with E-state index in [1.807, 2.05) is 66.7 Å². The van der Waals surface area contributed by atoms with E-state index in [0.717, 1.165) is 27.6 Å². The van der Waals surface area contributed by atoms with E-state index < -0.39 is 0 Å². The first-order valence-electron chi connectivity index (χ1n) is 6.55. The molecule has 2 heteroatoms. The van der Waals surface area contributed by atoms with Gasteiger partial charge in [-0.2, -0.15) is 0 Å². The van der Waals surface area contributed by atoms with Crippen LogP contribution in [0.1, 0.15) is 15.9 Å². The first kappa shape index (κ1) is 11.1. The summed E-state index contributed by atoms with van der Waals surface area (Å²) in [5.41, 5.74) is 3.04. The zero-order valence-electron chi connectivity index (χ0n) is 10.7. The lowest BCUT2D eigenvalue weighted by atomic mass is 10.1. The summed E-state index contributed by atoms with van der Waals surface area (Å²) < 4.78 is 0. The Morgan fingerprint density at radius 2 is 1.40 bits per heavy atom. The molecule has 20 heavy (non-hydrogen) atoms. The molecule has 0 atom stereocenters. The normalized spacial score (nSPS) is 15.2. The molecular weight excluding hydrogens is 246 g/mol. The minimum absolute atomic E-state index is 0.0145. The summed E-state index contributed by atoms with van der Waals surface area (Å²) in [4.78, 5) is 17.1. The maximum Gasteiger partial charge on any atom is 0.212 e. The number of hydrogen-bond donors (Lipinski definition) is 0. The largest absolute Gasteiger partial charge is 0.287 e. The van der Waals surface area contributed by atoms with Crippen molar-refractivity contribution >= 4 is 28.0 Å². The average Bonchev–Trinajstić information content (AvgIpc) is 2.77. The van der Waals surface area contributed by atoms with E-state index in [-0.39, 0.29) is 5.78 Å². The first-order chi connectivity index (χ1) is 9.84. The molecule has 0 aromatic heterocycles. The third-order valence-corrected chi connectivity index (χ3v) is 3.62. The van der Waals surface area contributed by atoms with Gasteiger partial charge in [-0.05, 0) is 17.5 Å². The van der Waals surface area contributed by atoms with Crippen LogP contribution in [0.15, 0.2) is 71.7 Å². The second kappa shape index (κ2) is 4.14. The number of carbonyl (C=O) groups excluding carboxylic acids is 1. The molecule has 0 spiro atoms. The minimum atomic E-state index is 0.0145. The van der Waals surface area contributed by atoms with E-state index in [2.05, 4.69) is 4.99 Å². The van der Waals surface area contributed by atoms with Crippen molar-refractivity contribution in [2.75, 3.05) is 0 Å². The lowest BCUT2D eigenvalue weighted by Crippen LogP contribution is -2.08. The second-order valence-corrected chi connectivity index (χ2v) is 4.83. The highest BCUT2D eigenvalue weighted by Gasteiger charge is 2.28. The van der Waals surface area contributed by atoms with E-state index in [4.69, 9.17) is 0 Å². The molecule has 2 nitrogen and oxygen atoms in total. The summed E-state index contributed by atoms with van der Waals surface area (Å²) in [6.45, 7) is 0. The molecule has 0 saturated carbocycles. The van der Waals surface area contributed by atoms with E-state index in [0.29, 0.717) is 5.71 Å². The number of aliphatic imine (C=N–C) groups is 1. The molecule has 0 saturated heterocycles. The predicted octanol–water partition coefficient (Wildman–Crippen LogP) is 4.16. The number of para-hydroxylation sites is 1. The van der Waals surface area contributed by atoms with E-state index in [9.17, 15) is 4.79 Å². The highest BCUT2D eigenvalue weighted by atomic mass is 16.1. The van der Waals surface area contributed by atoms with Gasteiger partial charge in [0.1, 0.15) is 5.71 Å². The summed E-state index contributed by atoms with van der Waals surface area (Å²) >= 11 is 0. The molecule has 1 aliphatic carbocycles. The Bertz CT molecular complexity index is 858. The summed E-state index contributed by atoms with van der Waals surface area (Å²) in [6, 6.07) is 21.4. The van der Waals surface area contributed by atoms with Gasteiger partial charge in [-0.3, -0.25) is 4.79 Å². The summed E-state index contributed by atoms with van der Waals surface area (Å²) in [6.07, 6.45) is 0. The maximum atomic E-state index is 12.6. The number of ketones is 1. The van der Waals surface area contributed by atoms with Crippen molar-refractivity contribution in [1.82, 2.24) is 0 Å². The highest BCUT2D eigenvalue weighted by Crippen LogP contribution is 2.32. The molecule has 94 valence electrons. The average molecular weight is 257 g/mol. The maximum absolute atomic E-state index is 12.6. The smallest absolute Gasteiger partial charge is 0.212 e. The number of benzene rings is 3. The quantitative estimate of drug-likeness (QED) is 0.643. The van der Waals surface area contributed by atoms with Crippen LogP contribution in [-0.4, -0.2) is 11.5 Å². The van der Waals surface area contributed by atoms with E-state index in [1.165, 1.54) is 0 Å². The van der Waals surface area contributed by atoms with Crippen LogP contribution in [0.5, 0.6) is 0 Å². The van der Waals surface area contributed by atoms with Gasteiger partial charge in [0.25, 0.3) is 0 Å². The van der Waals surface area contributed by atoms with Crippen LogP contribution in [0, 0.1) is 0 Å². The Morgan fingerprint density at radius 1 is 0.700 bits per heavy atom. The standard InChI is InChI=1S/C18H11NO/c20-18-15-11-5-7-12-6-4-10-14(16(12)15)17(18)19-13-8-2-1-3-9-13/h1-11H. The molecule has 1 aliphatic rings. The van der Waals surface area contributed by atoms with Crippen LogP contribution in [0.4, 0.5) is 5.69 Å². The van der Waals surface area contributed by atoms with E-state index >= 15 is 0 Å². The highest BCUT2D eigenvalue weighted by molar-refractivity contribution is 6.59. The lowest BCUT2D eigenvalue weighted by Gasteiger charge is -1.99. The molecule has 0 radical (unpaired) electrons. The molecular formula is C18H11NO. The number of nitrogens with zero attached hydrogens (tertiary/aromatic N) is 1. The predicted molar refractivity (Wildman–Crippen MR) is 80.9 cm³/mol. The Morgan fingerprint density at radius 3 is 2.15 bits per heavy atom. The molecule has 0 bridgehead atoms. The minimum Gasteiger partial charge on any atom is -0.287 e. The van der Waals surface area contributed by atoms with Crippen LogP contribution in [0.25, 0.3) is 10.8 Å². The van der Waals surface area contributed by atoms with Crippen molar-refractivity contribution in [2.24, 2.45) is 4.99 Å². The Hall–Kier alpha value is -2.74. The third-order valence-electron chi connectivity index (χ3n) is 3.62. The fourth-order valence-corrected chi connectivity index (χ4v) is 2.72. The van der Waals surface area contributed by atoms with Crippen LogP contribution >= 0.6 is 0 Å². The van der Waals surface area contributed by atoms with Crippen LogP contribution < -0.4 is 0 Å². The molecule has 4 rings (SSSR count). The van der Waals surface area contributed by atoms with Gasteiger partial charge in [0.2, 0.25) is 5.78 Å². The van der Waals surface area contributed by atoms with Gasteiger partial charge in [-0.25, -0.2) is 4.99 Å². The van der Waals surface area contributed by atoms with Crippen molar-refractivity contribution < 1.29 is 4.79 Å². The number of carbonyl (C=O) groups is 1. The lowest BCUT2D eigenvalue weighted by molar-refractivity contribution is 0.107. The Balaban J connectivity index is 2.00. The SMILES string of the molecule is O=C1C(=Nc2ccccc2)c2cccc3cccc1c23. The van der Waals surface area contributed by atoms with Crippen molar-refractivity contribution in [3.8, 4) is 0 Å². The molecule has 0 aliphatic heterocycles. The molecule has 3 aromatic carbocycles. The number of rotatable bonds is 1. The zero-order chi connectivity index (χ0) is 13.5. The fraction of sp³-hybridized carbons (Fsp3) is 0. The second-order valence-electron chi connectivity index (χ2n) is 4.83. The molecule has 0 fully saturated rings. The number of hydrogen-bond acceptors (Lipinski definition) is 2. The van der Waals surface area contributed by atoms with Crippen molar-refractivity contribution in [3.63, 3.8) is 0 Å². The van der Waals surface area contributed by atoms with Crippen LogP contribution in [0.2, 0.25) is 0 Å². The van der Waals surface area contributed by atoms with Gasteiger partial charge < -0.3 is 0 Å². The molecule has 0 unspecified atom stereocenters. The third kappa shape index (κ3) is 1.51.